The Labute approximate surface area is 71.2 Å². The fourth-order valence-corrected chi connectivity index (χ4v) is 1.87. The van der Waals surface area contributed by atoms with E-state index in [1.54, 1.807) is 0 Å². The predicted molar refractivity (Wildman–Crippen MR) is 40.2 cm³/mol. The normalized spacial score (nSPS) is 11.0. The van der Waals surface area contributed by atoms with Gasteiger partial charge >= 0.3 is 0 Å². The van der Waals surface area contributed by atoms with Crippen LogP contribution in [0, 0.1) is 0 Å². The molecule has 0 spiro atoms. The number of halogens is 3. The van der Waals surface area contributed by atoms with Crippen molar-refractivity contribution in [1.29, 1.82) is 0 Å². The van der Waals surface area contributed by atoms with E-state index in [9.17, 15) is 8.78 Å². The monoisotopic (exact) mass is 198 g/mol. The number of hydrogen-bond acceptors (Lipinski definition) is 2. The van der Waals surface area contributed by atoms with Crippen LogP contribution in [-0.2, 0) is 6.61 Å². The van der Waals surface area contributed by atoms with E-state index in [2.05, 4.69) is 0 Å². The topological polar surface area (TPSA) is 20.2 Å². The van der Waals surface area contributed by atoms with Crippen LogP contribution in [0.3, 0.4) is 0 Å². The fraction of sp³-hybridized carbons (Fsp3) is 0.333. The number of alkyl halides is 2. The molecule has 0 radical (unpaired) electrons. The lowest BCUT2D eigenvalue weighted by molar-refractivity contribution is 0.148. The third-order valence-electron chi connectivity index (χ3n) is 1.19. The molecule has 11 heavy (non-hydrogen) atoms. The van der Waals surface area contributed by atoms with Crippen molar-refractivity contribution in [3.05, 3.63) is 20.8 Å². The number of rotatable bonds is 2. The first-order valence-electron chi connectivity index (χ1n) is 2.82. The maximum Gasteiger partial charge on any atom is 0.265 e. The first-order valence-corrected chi connectivity index (χ1v) is 4.01. The lowest BCUT2D eigenvalue weighted by atomic mass is 10.3. The minimum absolute atomic E-state index is 0.164. The van der Waals surface area contributed by atoms with Crippen molar-refractivity contribution >= 4 is 22.9 Å². The minimum Gasteiger partial charge on any atom is -0.391 e. The zero-order valence-corrected chi connectivity index (χ0v) is 6.92. The van der Waals surface area contributed by atoms with Crippen molar-refractivity contribution in [2.45, 2.75) is 13.0 Å². The van der Waals surface area contributed by atoms with Gasteiger partial charge in [-0.2, -0.15) is 0 Å². The molecular weight excluding hydrogens is 194 g/mol. The third-order valence-corrected chi connectivity index (χ3v) is 2.45. The second kappa shape index (κ2) is 3.47. The molecule has 0 aromatic carbocycles. The molecule has 0 bridgehead atoms. The van der Waals surface area contributed by atoms with Crippen LogP contribution in [0.15, 0.2) is 6.07 Å². The maximum absolute atomic E-state index is 12.1. The number of aliphatic hydroxyl groups excluding tert-OH is 1. The molecule has 1 N–H and O–H groups in total. The molecule has 1 aromatic heterocycles. The van der Waals surface area contributed by atoms with Crippen LogP contribution in [0.5, 0.6) is 0 Å². The van der Waals surface area contributed by atoms with Gasteiger partial charge in [0.05, 0.1) is 10.9 Å². The van der Waals surface area contributed by atoms with Crippen LogP contribution >= 0.6 is 22.9 Å². The molecule has 0 saturated carbocycles. The highest BCUT2D eigenvalue weighted by molar-refractivity contribution is 7.16. The molecule has 1 rings (SSSR count). The van der Waals surface area contributed by atoms with E-state index in [0.29, 0.717) is 0 Å². The highest BCUT2D eigenvalue weighted by atomic mass is 35.5. The molecule has 0 aliphatic rings. The summed E-state index contributed by atoms with van der Waals surface area (Å²) in [7, 11) is 0. The Bertz CT molecular complexity index is 249. The van der Waals surface area contributed by atoms with Gasteiger partial charge in [0.25, 0.3) is 6.43 Å². The highest BCUT2D eigenvalue weighted by Crippen LogP contribution is 2.33. The second-order valence-electron chi connectivity index (χ2n) is 1.89. The Balaban J connectivity index is 3.02. The number of hydrogen-bond donors (Lipinski definition) is 1. The molecule has 1 nitrogen and oxygen atoms in total. The molecule has 0 aliphatic heterocycles. The SMILES string of the molecule is OCc1sc(Cl)cc1C(F)F. The molecule has 0 atom stereocenters. The van der Waals surface area contributed by atoms with E-state index in [1.165, 1.54) is 6.07 Å². The van der Waals surface area contributed by atoms with E-state index in [0.717, 1.165) is 11.3 Å². The van der Waals surface area contributed by atoms with Gasteiger partial charge < -0.3 is 5.11 Å². The summed E-state index contributed by atoms with van der Waals surface area (Å²) in [6.45, 7) is -0.378. The van der Waals surface area contributed by atoms with Gasteiger partial charge in [0, 0.05) is 10.4 Å². The van der Waals surface area contributed by atoms with Crippen LogP contribution in [-0.4, -0.2) is 5.11 Å². The van der Waals surface area contributed by atoms with Crippen molar-refractivity contribution in [2.24, 2.45) is 0 Å². The van der Waals surface area contributed by atoms with Crippen LogP contribution < -0.4 is 0 Å². The summed E-state index contributed by atoms with van der Waals surface area (Å²) in [5.41, 5.74) is -0.164. The van der Waals surface area contributed by atoms with Gasteiger partial charge in [-0.3, -0.25) is 0 Å². The molecule has 5 heteroatoms. The van der Waals surface area contributed by atoms with Crippen LogP contribution in [0.4, 0.5) is 8.78 Å². The average Bonchev–Trinajstić information content (AvgIpc) is 2.30. The first-order chi connectivity index (χ1) is 5.15. The van der Waals surface area contributed by atoms with Gasteiger partial charge in [-0.25, -0.2) is 8.78 Å². The third kappa shape index (κ3) is 1.89. The Kier molecular flexibility index (Phi) is 2.81. The van der Waals surface area contributed by atoms with Gasteiger partial charge in [-0.15, -0.1) is 11.3 Å². The van der Waals surface area contributed by atoms with E-state index in [1.807, 2.05) is 0 Å². The standard InChI is InChI=1S/C6H5ClF2OS/c7-5-1-3(6(8)9)4(2-10)11-5/h1,6,10H,2H2. The van der Waals surface area contributed by atoms with Crippen LogP contribution in [0.1, 0.15) is 16.9 Å². The lowest BCUT2D eigenvalue weighted by Gasteiger charge is -1.96. The van der Waals surface area contributed by atoms with Crippen LogP contribution in [0.25, 0.3) is 0 Å². The van der Waals surface area contributed by atoms with E-state index >= 15 is 0 Å². The Morgan fingerprint density at radius 3 is 2.64 bits per heavy atom. The molecule has 0 aliphatic carbocycles. The maximum atomic E-state index is 12.1. The molecule has 0 saturated heterocycles. The Morgan fingerprint density at radius 2 is 2.27 bits per heavy atom. The summed E-state index contributed by atoms with van der Waals surface area (Å²) in [5, 5.41) is 8.60. The largest absolute Gasteiger partial charge is 0.391 e. The molecule has 1 aromatic rings. The van der Waals surface area contributed by atoms with Crippen molar-refractivity contribution in [3.8, 4) is 0 Å². The summed E-state index contributed by atoms with van der Waals surface area (Å²) >= 11 is 6.44. The molecule has 0 amide bonds. The second-order valence-corrected chi connectivity index (χ2v) is 3.66. The molecule has 0 unspecified atom stereocenters. The predicted octanol–water partition coefficient (Wildman–Crippen LogP) is 2.83. The zero-order valence-electron chi connectivity index (χ0n) is 5.35. The number of aliphatic hydroxyl groups is 1. The smallest absolute Gasteiger partial charge is 0.265 e. The Morgan fingerprint density at radius 1 is 1.64 bits per heavy atom. The Hall–Kier alpha value is -0.190. The quantitative estimate of drug-likeness (QED) is 0.775. The summed E-state index contributed by atoms with van der Waals surface area (Å²) < 4.78 is 24.4. The van der Waals surface area contributed by atoms with Gasteiger partial charge in [-0.05, 0) is 6.07 Å². The van der Waals surface area contributed by atoms with Gasteiger partial charge in [0.15, 0.2) is 0 Å². The molecular formula is C6H5ClF2OS. The van der Waals surface area contributed by atoms with Crippen molar-refractivity contribution in [2.75, 3.05) is 0 Å². The highest BCUT2D eigenvalue weighted by Gasteiger charge is 2.15. The minimum atomic E-state index is -2.55. The summed E-state index contributed by atoms with van der Waals surface area (Å²) in [6.07, 6.45) is -2.55. The van der Waals surface area contributed by atoms with E-state index in [4.69, 9.17) is 16.7 Å². The van der Waals surface area contributed by atoms with Crippen molar-refractivity contribution in [1.82, 2.24) is 0 Å². The summed E-state index contributed by atoms with van der Waals surface area (Å²) in [4.78, 5) is 0.241. The average molecular weight is 199 g/mol. The van der Waals surface area contributed by atoms with E-state index in [-0.39, 0.29) is 21.4 Å². The van der Waals surface area contributed by atoms with Crippen molar-refractivity contribution < 1.29 is 13.9 Å². The molecule has 62 valence electrons. The molecule has 0 fully saturated rings. The zero-order chi connectivity index (χ0) is 8.43. The lowest BCUT2D eigenvalue weighted by Crippen LogP contribution is -1.86. The van der Waals surface area contributed by atoms with Gasteiger partial charge in [0.1, 0.15) is 0 Å². The fourth-order valence-electron chi connectivity index (χ4n) is 0.717. The molecule has 1 heterocycles. The number of thiophene rings is 1. The van der Waals surface area contributed by atoms with E-state index < -0.39 is 6.43 Å². The summed E-state index contributed by atoms with van der Waals surface area (Å²) in [5.74, 6) is 0. The van der Waals surface area contributed by atoms with Gasteiger partial charge in [-0.1, -0.05) is 11.6 Å². The summed E-state index contributed by atoms with van der Waals surface area (Å²) in [6, 6.07) is 1.18. The van der Waals surface area contributed by atoms with Crippen LogP contribution in [0.2, 0.25) is 4.34 Å². The first kappa shape index (κ1) is 8.90. The van der Waals surface area contributed by atoms with Crippen molar-refractivity contribution in [3.63, 3.8) is 0 Å². The van der Waals surface area contributed by atoms with Gasteiger partial charge in [0.2, 0.25) is 0 Å².